The van der Waals surface area contributed by atoms with Crippen LogP contribution in [0.2, 0.25) is 13.1 Å². The summed E-state index contributed by atoms with van der Waals surface area (Å²) in [6.45, 7) is 13.4. The summed E-state index contributed by atoms with van der Waals surface area (Å²) >= 11 is 0. The van der Waals surface area contributed by atoms with E-state index in [1.807, 2.05) is 0 Å². The van der Waals surface area contributed by atoms with Crippen molar-refractivity contribution in [1.29, 1.82) is 0 Å². The molecule has 0 amide bonds. The van der Waals surface area contributed by atoms with Crippen molar-refractivity contribution in [2.45, 2.75) is 66.5 Å². The smallest absolute Gasteiger partial charge is 1.00 e. The summed E-state index contributed by atoms with van der Waals surface area (Å²) in [7, 11) is 0.750. The predicted octanol–water partition coefficient (Wildman–Crippen LogP) is -0.0314. The Kier molecular flexibility index (Phi) is 29.2. The molecule has 2 aliphatic carbocycles. The third-order valence-corrected chi connectivity index (χ3v) is 2.79. The molecule has 0 bridgehead atoms. The van der Waals surface area contributed by atoms with E-state index in [2.05, 4.69) is 77.2 Å². The molecule has 135 valence electrons. The topological polar surface area (TPSA) is 0 Å². The zero-order chi connectivity index (χ0) is 16.1. The zero-order valence-corrected chi connectivity index (χ0v) is 21.3. The summed E-state index contributed by atoms with van der Waals surface area (Å²) in [5, 5.41) is 0. The Morgan fingerprint density at radius 3 is 1.29 bits per heavy atom. The van der Waals surface area contributed by atoms with E-state index < -0.39 is 0 Å². The zero-order valence-electron chi connectivity index (χ0n) is 16.1. The van der Waals surface area contributed by atoms with E-state index in [4.69, 9.17) is 0 Å². The molecule has 0 aromatic heterocycles. The minimum atomic E-state index is 0. The minimum absolute atomic E-state index is 0. The number of hydrogen-bond donors (Lipinski definition) is 0. The number of rotatable bonds is 4. The van der Waals surface area contributed by atoms with Crippen molar-refractivity contribution in [2.75, 3.05) is 0 Å². The van der Waals surface area contributed by atoms with Gasteiger partial charge in [-0.3, -0.25) is 12.2 Å². The molecule has 0 spiro atoms. The second-order valence-corrected chi connectivity index (χ2v) is 7.55. The maximum Gasteiger partial charge on any atom is 4.00 e. The summed E-state index contributed by atoms with van der Waals surface area (Å²) in [6.07, 6.45) is 19.7. The van der Waals surface area contributed by atoms with Gasteiger partial charge in [-0.2, -0.15) is 12.2 Å². The fourth-order valence-electron chi connectivity index (χ4n) is 2.06. The Labute approximate surface area is 185 Å². The van der Waals surface area contributed by atoms with E-state index >= 15 is 0 Å². The van der Waals surface area contributed by atoms with Crippen LogP contribution >= 0.6 is 0 Å². The first-order valence-corrected chi connectivity index (χ1v) is 10.6. The Balaban J connectivity index is -0.000000130. The van der Waals surface area contributed by atoms with Crippen LogP contribution in [0.4, 0.5) is 0 Å². The molecule has 0 saturated carbocycles. The van der Waals surface area contributed by atoms with E-state index in [9.17, 15) is 0 Å². The fraction of sp³-hybridized carbons (Fsp3) is 0.600. The summed E-state index contributed by atoms with van der Waals surface area (Å²) in [5.74, 6) is 1.55. The Morgan fingerprint density at radius 2 is 1.12 bits per heavy atom. The second kappa shape index (κ2) is 21.7. The first kappa shape index (κ1) is 32.3. The first-order chi connectivity index (χ1) is 9.99. The van der Waals surface area contributed by atoms with Gasteiger partial charge in [0.25, 0.3) is 0 Å². The Morgan fingerprint density at radius 1 is 0.833 bits per heavy atom. The molecular weight excluding hydrogens is 430 g/mol. The molecule has 2 rings (SSSR count). The number of allylic oxidation sites excluding steroid dienone is 8. The summed E-state index contributed by atoms with van der Waals surface area (Å²) < 4.78 is 0. The van der Waals surface area contributed by atoms with Crippen LogP contribution in [-0.4, -0.2) is 9.52 Å². The second-order valence-electron chi connectivity index (χ2n) is 6.39. The molecule has 24 heavy (non-hydrogen) atoms. The molecule has 1 radical (unpaired) electrons. The molecule has 0 atom stereocenters. The van der Waals surface area contributed by atoms with Crippen LogP contribution in [0.25, 0.3) is 0 Å². The molecule has 0 unspecified atom stereocenters. The molecule has 0 aromatic rings. The van der Waals surface area contributed by atoms with Crippen molar-refractivity contribution in [1.82, 2.24) is 0 Å². The van der Waals surface area contributed by atoms with E-state index in [1.54, 1.807) is 0 Å². The first-order valence-electron chi connectivity index (χ1n) is 8.26. The van der Waals surface area contributed by atoms with E-state index in [0.29, 0.717) is 0 Å². The quantitative estimate of drug-likeness (QED) is 0.406. The summed E-state index contributed by atoms with van der Waals surface area (Å²) in [4.78, 5) is 0. The third kappa shape index (κ3) is 20.7. The van der Waals surface area contributed by atoms with Crippen molar-refractivity contribution in [2.24, 2.45) is 11.8 Å². The van der Waals surface area contributed by atoms with Gasteiger partial charge in [-0.1, -0.05) is 53.6 Å². The summed E-state index contributed by atoms with van der Waals surface area (Å²) in [6, 6.07) is 0. The third-order valence-electron chi connectivity index (χ3n) is 2.79. The van der Waals surface area contributed by atoms with Crippen LogP contribution in [0, 0.1) is 24.0 Å². The van der Waals surface area contributed by atoms with E-state index in [0.717, 1.165) is 34.2 Å². The maximum absolute atomic E-state index is 3.29. The van der Waals surface area contributed by atoms with Crippen LogP contribution in [0.5, 0.6) is 0 Å². The molecule has 0 N–H and O–H groups in total. The van der Waals surface area contributed by atoms with Crippen LogP contribution in [0.1, 0.15) is 53.4 Å². The number of hydrogen-bond acceptors (Lipinski definition) is 0. The largest absolute Gasteiger partial charge is 4.00 e. The van der Waals surface area contributed by atoms with Crippen LogP contribution in [0.15, 0.2) is 35.5 Å². The number of halogens is 2. The van der Waals surface area contributed by atoms with Gasteiger partial charge in [0.2, 0.25) is 0 Å². The summed E-state index contributed by atoms with van der Waals surface area (Å²) in [5.41, 5.74) is 2.79. The van der Waals surface area contributed by atoms with Crippen molar-refractivity contribution in [3.63, 3.8) is 0 Å². The van der Waals surface area contributed by atoms with Gasteiger partial charge in [0, 0.05) is 9.52 Å². The molecule has 0 nitrogen and oxygen atoms in total. The molecule has 2 aliphatic rings. The van der Waals surface area contributed by atoms with Gasteiger partial charge in [0.1, 0.15) is 0 Å². The molecule has 0 aliphatic heterocycles. The molecular formula is C20H33Cl2SiZr. The maximum atomic E-state index is 3.29. The van der Waals surface area contributed by atoms with Crippen LogP contribution < -0.4 is 24.8 Å². The van der Waals surface area contributed by atoms with Crippen LogP contribution in [0.3, 0.4) is 0 Å². The monoisotopic (exact) mass is 461 g/mol. The molecule has 0 heterocycles. The van der Waals surface area contributed by atoms with Gasteiger partial charge in [0.15, 0.2) is 0 Å². The van der Waals surface area contributed by atoms with Crippen molar-refractivity contribution in [3.05, 3.63) is 47.6 Å². The fourth-order valence-corrected chi connectivity index (χ4v) is 2.06. The molecule has 0 saturated heterocycles. The Bertz CT molecular complexity index is 347. The standard InChI is InChI=1S/2C9H13.C2H7Si.2ClH.Zr/c2*1-8(2)7-9-5-3-4-6-9;1-3-2;;;/h2*3,5,8H,4,7H2,1-2H3;3H,1-2H3;2*1H;/q2*-1;;;;+4/p-2. The van der Waals surface area contributed by atoms with Crippen molar-refractivity contribution >= 4 is 9.52 Å². The average Bonchev–Trinajstić information content (AvgIpc) is 3.03. The molecule has 4 heteroatoms. The predicted molar refractivity (Wildman–Crippen MR) is 98.8 cm³/mol. The van der Waals surface area contributed by atoms with Gasteiger partial charge in [-0.05, 0) is 11.8 Å². The average molecular weight is 464 g/mol. The van der Waals surface area contributed by atoms with Gasteiger partial charge < -0.3 is 24.8 Å². The van der Waals surface area contributed by atoms with E-state index in [-0.39, 0.29) is 51.0 Å². The van der Waals surface area contributed by atoms with Gasteiger partial charge in [-0.15, -0.1) is 12.8 Å². The SMILES string of the molecule is CC(C)CC1=[C-]CC=C1.CC(C)CC1=[C-]CC=C1.C[SiH]C.[Cl-].[Cl-].[Zr+4]. The molecule has 0 aromatic carbocycles. The van der Waals surface area contributed by atoms with Crippen molar-refractivity contribution < 1.29 is 51.0 Å². The van der Waals surface area contributed by atoms with Crippen molar-refractivity contribution in [3.8, 4) is 0 Å². The normalized spacial score (nSPS) is 13.5. The van der Waals surface area contributed by atoms with Crippen LogP contribution in [-0.2, 0) is 26.2 Å². The van der Waals surface area contributed by atoms with Gasteiger partial charge >= 0.3 is 26.2 Å². The molecule has 0 fully saturated rings. The Hall–Kier alpha value is 0.640. The van der Waals surface area contributed by atoms with Gasteiger partial charge in [-0.25, -0.2) is 23.3 Å². The van der Waals surface area contributed by atoms with Gasteiger partial charge in [0.05, 0.1) is 0 Å². The van der Waals surface area contributed by atoms with E-state index in [1.165, 1.54) is 24.0 Å². The minimum Gasteiger partial charge on any atom is -1.00 e.